The topological polar surface area (TPSA) is 103 Å². The summed E-state index contributed by atoms with van der Waals surface area (Å²) in [6.07, 6.45) is 0.794. The normalized spacial score (nSPS) is 51.2. The van der Waals surface area contributed by atoms with Gasteiger partial charge in [0.15, 0.2) is 0 Å². The monoisotopic (exact) mass is 517 g/mol. The molecule has 0 radical (unpaired) electrons. The first-order valence-electron chi connectivity index (χ1n) is 7.27. The van der Waals surface area contributed by atoms with E-state index in [9.17, 15) is 4.79 Å². The average Bonchev–Trinajstić information content (AvgIpc) is 3.17. The van der Waals surface area contributed by atoms with Gasteiger partial charge >= 0.3 is 145 Å². The van der Waals surface area contributed by atoms with E-state index in [1.807, 2.05) is 6.92 Å². The Hall–Kier alpha value is 0.320. The second-order valence-electron chi connectivity index (χ2n) is 6.90. The molecule has 3 N–H and O–H groups in total. The van der Waals surface area contributed by atoms with Crippen molar-refractivity contribution in [3.05, 3.63) is 0 Å². The quantitative estimate of drug-likeness (QED) is 0.132. The minimum absolute atomic E-state index is 0.0775. The number of halogens is 2. The Balaban J connectivity index is 1.38. The van der Waals surface area contributed by atoms with Crippen LogP contribution in [-0.2, 0) is 14.3 Å². The number of hydrogen-bond acceptors (Lipinski definition) is 6. The van der Waals surface area contributed by atoms with E-state index < -0.39 is 23.8 Å². The van der Waals surface area contributed by atoms with Gasteiger partial charge in [0.05, 0.1) is 0 Å². The number of hydrogen-bond donors (Lipinski definition) is 3. The first-order chi connectivity index (χ1) is 9.87. The van der Waals surface area contributed by atoms with Crippen molar-refractivity contribution in [2.75, 3.05) is 0 Å². The van der Waals surface area contributed by atoms with Gasteiger partial charge in [0, 0.05) is 0 Å². The SMILES string of the molecule is CC1C2CC3C(OC(=N)C13)C2OC(=O)C(C)(I)C12NI1N2. The summed E-state index contributed by atoms with van der Waals surface area (Å²) in [5, 5.41) is 8.00. The molecule has 7 atom stereocenters. The van der Waals surface area contributed by atoms with Crippen molar-refractivity contribution in [1.29, 1.82) is 5.41 Å². The Labute approximate surface area is 144 Å². The maximum absolute atomic E-state index is 12.7. The number of fused-ring (bicyclic) bond motifs is 2. The number of ether oxygens (including phenoxy) is 2. The summed E-state index contributed by atoms with van der Waals surface area (Å²) >= 11 is 1.05. The van der Waals surface area contributed by atoms with Crippen molar-refractivity contribution in [3.8, 4) is 0 Å². The van der Waals surface area contributed by atoms with E-state index in [1.165, 1.54) is 0 Å². The number of nitrogens with one attached hydrogen (secondary N) is 3. The van der Waals surface area contributed by atoms with E-state index in [-0.39, 0.29) is 27.8 Å². The maximum atomic E-state index is 12.7. The van der Waals surface area contributed by atoms with E-state index in [0.717, 1.165) is 6.42 Å². The third-order valence-corrected chi connectivity index (χ3v) is 13.1. The molecule has 6 nitrogen and oxygen atoms in total. The molecule has 5 fully saturated rings. The minimum atomic E-state index is -1.18. The van der Waals surface area contributed by atoms with E-state index in [1.54, 1.807) is 0 Å². The summed E-state index contributed by atoms with van der Waals surface area (Å²) < 4.78 is 17.8. The molecule has 2 bridgehead atoms. The summed E-state index contributed by atoms with van der Waals surface area (Å²) in [5.74, 6) is 1.66. The molecule has 0 aromatic heterocycles. The summed E-state index contributed by atoms with van der Waals surface area (Å²) in [4.78, 5) is 12.7. The van der Waals surface area contributed by atoms with Crippen molar-refractivity contribution in [1.82, 2.24) is 7.06 Å². The Morgan fingerprint density at radius 3 is 2.86 bits per heavy atom. The molecule has 7 unspecified atom stereocenters. The molecule has 0 aromatic carbocycles. The molecular formula is C13H17I2N3O3. The predicted molar refractivity (Wildman–Crippen MR) is 92.2 cm³/mol. The third-order valence-electron chi connectivity index (χ3n) is 5.92. The zero-order chi connectivity index (χ0) is 14.7. The standard InChI is InChI=1S/C13H17I2N3O3/c1-4-5-3-6-7(4)10(16)20-9(6)8(5)21-11(19)12(2,14)13-15(17-13)18-13/h4-9,16-18H,3H2,1-2H3. The predicted octanol–water partition coefficient (Wildman–Crippen LogP) is 1.57. The molecule has 5 rings (SSSR count). The number of carbonyl (C=O) groups excluding carboxylic acids is 1. The molecule has 0 aromatic rings. The van der Waals surface area contributed by atoms with Crippen LogP contribution in [0.4, 0.5) is 0 Å². The fourth-order valence-corrected chi connectivity index (χ4v) is 12.3. The van der Waals surface area contributed by atoms with Crippen LogP contribution in [0.3, 0.4) is 0 Å². The van der Waals surface area contributed by atoms with Crippen LogP contribution in [0.2, 0.25) is 0 Å². The summed E-state index contributed by atoms with van der Waals surface area (Å²) in [7, 11) is 0. The van der Waals surface area contributed by atoms with Gasteiger partial charge in [0.2, 0.25) is 0 Å². The van der Waals surface area contributed by atoms with Crippen molar-refractivity contribution < 1.29 is 14.3 Å². The summed E-state index contributed by atoms with van der Waals surface area (Å²) in [6.45, 7) is 4.13. The van der Waals surface area contributed by atoms with Gasteiger partial charge in [-0.3, -0.25) is 0 Å². The zero-order valence-electron chi connectivity index (χ0n) is 11.7. The molecule has 21 heavy (non-hydrogen) atoms. The van der Waals surface area contributed by atoms with E-state index in [2.05, 4.69) is 36.6 Å². The van der Waals surface area contributed by atoms with Crippen LogP contribution in [0.15, 0.2) is 0 Å². The summed E-state index contributed by atoms with van der Waals surface area (Å²) in [5.41, 5.74) is 0. The van der Waals surface area contributed by atoms with Crippen LogP contribution in [-0.4, -0.2) is 31.2 Å². The number of esters is 1. The fourth-order valence-electron chi connectivity index (χ4n) is 4.51. The molecular weight excluding hydrogens is 500 g/mol. The van der Waals surface area contributed by atoms with Gasteiger partial charge in [-0.25, -0.2) is 0 Å². The molecule has 2 aliphatic carbocycles. The van der Waals surface area contributed by atoms with Crippen LogP contribution >= 0.6 is 43.0 Å². The first kappa shape index (κ1) is 13.7. The molecule has 3 saturated heterocycles. The van der Waals surface area contributed by atoms with Crippen molar-refractivity contribution in [2.24, 2.45) is 23.7 Å². The van der Waals surface area contributed by atoms with Gasteiger partial charge < -0.3 is 0 Å². The van der Waals surface area contributed by atoms with Crippen molar-refractivity contribution in [2.45, 2.75) is 39.6 Å². The van der Waals surface area contributed by atoms with Crippen molar-refractivity contribution in [3.63, 3.8) is 0 Å². The second kappa shape index (κ2) is 3.86. The molecule has 0 spiro atoms. The zero-order valence-corrected chi connectivity index (χ0v) is 16.0. The Kier molecular flexibility index (Phi) is 2.52. The Morgan fingerprint density at radius 1 is 1.57 bits per heavy atom. The van der Waals surface area contributed by atoms with Crippen LogP contribution in [0.1, 0.15) is 20.3 Å². The molecule has 3 aliphatic heterocycles. The van der Waals surface area contributed by atoms with Crippen LogP contribution < -0.4 is 7.06 Å². The molecule has 3 heterocycles. The first-order valence-corrected chi connectivity index (χ1v) is 11.6. The van der Waals surface area contributed by atoms with Crippen molar-refractivity contribution >= 4 is 54.8 Å². The van der Waals surface area contributed by atoms with Gasteiger partial charge in [-0.2, -0.15) is 0 Å². The molecule has 0 amide bonds. The van der Waals surface area contributed by atoms with Crippen LogP contribution in [0.5, 0.6) is 0 Å². The molecule has 116 valence electrons. The molecule has 2 saturated carbocycles. The molecule has 5 aliphatic rings. The van der Waals surface area contributed by atoms with Gasteiger partial charge in [-0.05, 0) is 0 Å². The van der Waals surface area contributed by atoms with Gasteiger partial charge in [-0.15, -0.1) is 0 Å². The van der Waals surface area contributed by atoms with Crippen LogP contribution in [0, 0.1) is 29.1 Å². The van der Waals surface area contributed by atoms with Crippen LogP contribution in [0.25, 0.3) is 0 Å². The Bertz CT molecular complexity index is 577. The van der Waals surface area contributed by atoms with Gasteiger partial charge in [0.25, 0.3) is 0 Å². The average molecular weight is 517 g/mol. The van der Waals surface area contributed by atoms with Gasteiger partial charge in [0.1, 0.15) is 0 Å². The van der Waals surface area contributed by atoms with E-state index in [0.29, 0.717) is 23.7 Å². The fraction of sp³-hybridized carbons (Fsp3) is 0.846. The third kappa shape index (κ3) is 1.50. The van der Waals surface area contributed by atoms with E-state index >= 15 is 0 Å². The number of carbonyl (C=O) groups is 1. The molecule has 8 heteroatoms. The summed E-state index contributed by atoms with van der Waals surface area (Å²) in [6, 6.07) is 0. The van der Waals surface area contributed by atoms with E-state index in [4.69, 9.17) is 14.9 Å². The Morgan fingerprint density at radius 2 is 2.24 bits per heavy atom. The van der Waals surface area contributed by atoms with Gasteiger partial charge in [-0.1, -0.05) is 0 Å². The number of rotatable bonds is 3. The second-order valence-corrected chi connectivity index (χ2v) is 13.4. The number of alkyl halides is 2.